The lowest BCUT2D eigenvalue weighted by Crippen LogP contribution is -2.27. The second kappa shape index (κ2) is 5.78. The summed E-state index contributed by atoms with van der Waals surface area (Å²) in [4.78, 5) is 0. The van der Waals surface area contributed by atoms with Gasteiger partial charge in [0, 0.05) is 17.7 Å². The molecule has 0 spiro atoms. The summed E-state index contributed by atoms with van der Waals surface area (Å²) in [6.45, 7) is 4.97. The molecule has 1 aromatic carbocycles. The van der Waals surface area contributed by atoms with E-state index in [0.717, 1.165) is 30.5 Å². The van der Waals surface area contributed by atoms with Crippen molar-refractivity contribution in [2.45, 2.75) is 38.6 Å². The minimum absolute atomic E-state index is 0.135. The first-order valence-corrected chi connectivity index (χ1v) is 6.81. The van der Waals surface area contributed by atoms with Crippen LogP contribution in [0.4, 0.5) is 4.39 Å². The molecule has 0 bridgehead atoms. The van der Waals surface area contributed by atoms with E-state index in [1.807, 2.05) is 0 Å². The number of hydrogen-bond acceptors (Lipinski definition) is 3. The van der Waals surface area contributed by atoms with Gasteiger partial charge >= 0.3 is 0 Å². The molecule has 1 aliphatic rings. The average Bonchev–Trinajstić information content (AvgIpc) is 2.41. The number of benzene rings is 1. The highest BCUT2D eigenvalue weighted by atomic mass is 19.1. The summed E-state index contributed by atoms with van der Waals surface area (Å²) in [5, 5.41) is 3.41. The van der Waals surface area contributed by atoms with Crippen LogP contribution in [0.5, 0.6) is 11.5 Å². The first-order valence-electron chi connectivity index (χ1n) is 6.81. The number of rotatable bonds is 4. The van der Waals surface area contributed by atoms with Crippen molar-refractivity contribution in [3.8, 4) is 11.5 Å². The van der Waals surface area contributed by atoms with Crippen molar-refractivity contribution in [2.24, 2.45) is 0 Å². The smallest absolute Gasteiger partial charge is 0.165 e. The highest BCUT2D eigenvalue weighted by Crippen LogP contribution is 2.47. The zero-order valence-electron chi connectivity index (χ0n) is 12.0. The van der Waals surface area contributed by atoms with Gasteiger partial charge in [-0.1, -0.05) is 13.8 Å². The molecule has 0 saturated heterocycles. The summed E-state index contributed by atoms with van der Waals surface area (Å²) in [6, 6.07) is 1.57. The number of fused-ring (bicyclic) bond motifs is 1. The van der Waals surface area contributed by atoms with Gasteiger partial charge in [-0.2, -0.15) is 0 Å². The monoisotopic (exact) mass is 267 g/mol. The number of ether oxygens (including phenoxy) is 2. The van der Waals surface area contributed by atoms with Gasteiger partial charge < -0.3 is 14.8 Å². The fourth-order valence-electron chi connectivity index (χ4n) is 3.01. The average molecular weight is 267 g/mol. The van der Waals surface area contributed by atoms with Gasteiger partial charge in [0.05, 0.1) is 14.2 Å². The highest BCUT2D eigenvalue weighted by molar-refractivity contribution is 5.55. The summed E-state index contributed by atoms with van der Waals surface area (Å²) < 4.78 is 25.1. The van der Waals surface area contributed by atoms with Crippen LogP contribution in [0.1, 0.15) is 49.8 Å². The molecule has 4 heteroatoms. The predicted octanol–water partition coefficient (Wildman–Crippen LogP) is 3.39. The third-order valence-electron chi connectivity index (χ3n) is 3.88. The van der Waals surface area contributed by atoms with E-state index in [1.165, 1.54) is 13.2 Å². The number of methoxy groups -OCH3 is 2. The van der Waals surface area contributed by atoms with E-state index in [4.69, 9.17) is 9.47 Å². The molecule has 0 saturated carbocycles. The van der Waals surface area contributed by atoms with Crippen LogP contribution < -0.4 is 14.8 Å². The summed E-state index contributed by atoms with van der Waals surface area (Å²) >= 11 is 0. The molecular formula is C15H22FNO2. The van der Waals surface area contributed by atoms with Crippen LogP contribution >= 0.6 is 0 Å². The van der Waals surface area contributed by atoms with Gasteiger partial charge in [-0.25, -0.2) is 4.39 Å². The SMILES string of the molecule is CCNC1CCC(C)c2c(F)cc(OC)c(OC)c21. The van der Waals surface area contributed by atoms with Crippen LogP contribution in [0.3, 0.4) is 0 Å². The Morgan fingerprint density at radius 1 is 1.26 bits per heavy atom. The maximum atomic E-state index is 14.3. The Morgan fingerprint density at radius 2 is 2.00 bits per heavy atom. The Kier molecular flexibility index (Phi) is 4.30. The van der Waals surface area contributed by atoms with Crippen molar-refractivity contribution in [3.63, 3.8) is 0 Å². The molecule has 1 aliphatic carbocycles. The third kappa shape index (κ3) is 2.41. The van der Waals surface area contributed by atoms with Crippen molar-refractivity contribution in [3.05, 3.63) is 23.0 Å². The molecule has 19 heavy (non-hydrogen) atoms. The molecule has 106 valence electrons. The molecule has 2 atom stereocenters. The molecule has 0 amide bonds. The summed E-state index contributed by atoms with van der Waals surface area (Å²) in [7, 11) is 3.15. The second-order valence-corrected chi connectivity index (χ2v) is 5.01. The Bertz CT molecular complexity index is 462. The van der Waals surface area contributed by atoms with Crippen molar-refractivity contribution < 1.29 is 13.9 Å². The predicted molar refractivity (Wildman–Crippen MR) is 73.6 cm³/mol. The number of nitrogens with one attached hydrogen (secondary N) is 1. The van der Waals surface area contributed by atoms with Gasteiger partial charge in [0.2, 0.25) is 0 Å². The van der Waals surface area contributed by atoms with E-state index in [1.54, 1.807) is 7.11 Å². The van der Waals surface area contributed by atoms with E-state index in [2.05, 4.69) is 19.2 Å². The molecule has 0 fully saturated rings. The summed E-state index contributed by atoms with van der Waals surface area (Å²) in [5.74, 6) is 1.15. The summed E-state index contributed by atoms with van der Waals surface area (Å²) in [6.07, 6.45) is 1.97. The molecule has 2 unspecified atom stereocenters. The Labute approximate surface area is 114 Å². The number of hydrogen-bond donors (Lipinski definition) is 1. The van der Waals surface area contributed by atoms with Crippen molar-refractivity contribution in [1.82, 2.24) is 5.32 Å². The number of halogens is 1. The van der Waals surface area contributed by atoms with E-state index >= 15 is 0 Å². The molecule has 0 heterocycles. The quantitative estimate of drug-likeness (QED) is 0.907. The minimum atomic E-state index is -0.192. The molecule has 0 aliphatic heterocycles. The van der Waals surface area contributed by atoms with Crippen molar-refractivity contribution in [2.75, 3.05) is 20.8 Å². The molecule has 0 radical (unpaired) electrons. The largest absolute Gasteiger partial charge is 0.493 e. The first-order chi connectivity index (χ1) is 9.13. The zero-order chi connectivity index (χ0) is 14.0. The molecule has 1 N–H and O–H groups in total. The maximum Gasteiger partial charge on any atom is 0.165 e. The highest BCUT2D eigenvalue weighted by Gasteiger charge is 2.32. The van der Waals surface area contributed by atoms with Crippen LogP contribution in [0, 0.1) is 5.82 Å². The fraction of sp³-hybridized carbons (Fsp3) is 0.600. The summed E-state index contributed by atoms with van der Waals surface area (Å²) in [5.41, 5.74) is 1.70. The normalized spacial score (nSPS) is 21.9. The molecule has 3 nitrogen and oxygen atoms in total. The molecule has 2 rings (SSSR count). The Morgan fingerprint density at radius 3 is 2.58 bits per heavy atom. The van der Waals surface area contributed by atoms with Gasteiger partial charge in [-0.05, 0) is 30.9 Å². The van der Waals surface area contributed by atoms with Crippen LogP contribution in [-0.2, 0) is 0 Å². The van der Waals surface area contributed by atoms with Crippen LogP contribution in [0.15, 0.2) is 6.07 Å². The lowest BCUT2D eigenvalue weighted by atomic mass is 9.80. The topological polar surface area (TPSA) is 30.5 Å². The Hall–Kier alpha value is -1.29. The van der Waals surface area contributed by atoms with Crippen molar-refractivity contribution >= 4 is 0 Å². The van der Waals surface area contributed by atoms with E-state index in [-0.39, 0.29) is 17.8 Å². The third-order valence-corrected chi connectivity index (χ3v) is 3.88. The van der Waals surface area contributed by atoms with Gasteiger partial charge in [0.1, 0.15) is 5.82 Å². The standard InChI is InChI=1S/C15H22FNO2/c1-5-17-11-7-6-9(2)13-10(16)8-12(18-3)15(19-4)14(11)13/h8-9,11,17H,5-7H2,1-4H3. The van der Waals surface area contributed by atoms with Crippen LogP contribution in [-0.4, -0.2) is 20.8 Å². The van der Waals surface area contributed by atoms with E-state index in [0.29, 0.717) is 11.5 Å². The maximum absolute atomic E-state index is 14.3. The lowest BCUT2D eigenvalue weighted by Gasteiger charge is -2.32. The fourth-order valence-corrected chi connectivity index (χ4v) is 3.01. The molecule has 0 aromatic heterocycles. The van der Waals surface area contributed by atoms with Crippen LogP contribution in [0.2, 0.25) is 0 Å². The molecule has 1 aromatic rings. The van der Waals surface area contributed by atoms with Gasteiger partial charge in [0.25, 0.3) is 0 Å². The zero-order valence-corrected chi connectivity index (χ0v) is 12.0. The molecular weight excluding hydrogens is 245 g/mol. The van der Waals surface area contributed by atoms with Gasteiger partial charge in [0.15, 0.2) is 11.5 Å². The second-order valence-electron chi connectivity index (χ2n) is 5.01. The van der Waals surface area contributed by atoms with Crippen LogP contribution in [0.25, 0.3) is 0 Å². The minimum Gasteiger partial charge on any atom is -0.493 e. The van der Waals surface area contributed by atoms with Crippen molar-refractivity contribution in [1.29, 1.82) is 0 Å². The van der Waals surface area contributed by atoms with Gasteiger partial charge in [-0.15, -0.1) is 0 Å². The van der Waals surface area contributed by atoms with Gasteiger partial charge in [-0.3, -0.25) is 0 Å². The first kappa shape index (κ1) is 14.1. The van der Waals surface area contributed by atoms with E-state index < -0.39 is 0 Å². The lowest BCUT2D eigenvalue weighted by molar-refractivity contribution is 0.331. The Balaban J connectivity index is 2.63. The van der Waals surface area contributed by atoms with E-state index in [9.17, 15) is 4.39 Å².